The largest absolute Gasteiger partial charge is 0.368 e. The first-order chi connectivity index (χ1) is 10.1. The van der Waals surface area contributed by atoms with Crippen molar-refractivity contribution in [2.24, 2.45) is 0 Å². The highest BCUT2D eigenvalue weighted by molar-refractivity contribution is 9.10. The van der Waals surface area contributed by atoms with Crippen molar-refractivity contribution in [3.63, 3.8) is 0 Å². The van der Waals surface area contributed by atoms with Gasteiger partial charge in [0.25, 0.3) is 5.95 Å². The molecule has 0 saturated carbocycles. The molecule has 1 aromatic carbocycles. The number of nitrogens with zero attached hydrogens (tertiary/aromatic N) is 5. The third kappa shape index (κ3) is 3.00. The minimum atomic E-state index is 0.129. The molecule has 0 spiro atoms. The summed E-state index contributed by atoms with van der Waals surface area (Å²) in [5.41, 5.74) is 7.72. The third-order valence-electron chi connectivity index (χ3n) is 2.78. The van der Waals surface area contributed by atoms with Gasteiger partial charge in [-0.25, -0.2) is 4.68 Å². The van der Waals surface area contributed by atoms with Crippen molar-refractivity contribution in [2.75, 3.05) is 11.1 Å². The van der Waals surface area contributed by atoms with Gasteiger partial charge in [0.15, 0.2) is 0 Å². The van der Waals surface area contributed by atoms with Crippen LogP contribution in [0.2, 0.25) is 0 Å². The maximum absolute atomic E-state index is 5.72. The standard InChI is InChI=1S/C13H12BrN7/c1-8-3-4-9(7-10(8)14)17-12-18-11(15)19-13(20-12)21-6-2-5-16-21/h2-7H,1H3,(H3,15,17,18,19,20). The topological polar surface area (TPSA) is 94.5 Å². The van der Waals surface area contributed by atoms with Gasteiger partial charge in [0, 0.05) is 22.6 Å². The summed E-state index contributed by atoms with van der Waals surface area (Å²) in [4.78, 5) is 12.4. The fourth-order valence-electron chi connectivity index (χ4n) is 1.73. The number of anilines is 3. The van der Waals surface area contributed by atoms with Crippen molar-refractivity contribution in [3.05, 3.63) is 46.7 Å². The number of aryl methyl sites for hydroxylation is 1. The first kappa shape index (κ1) is 13.5. The van der Waals surface area contributed by atoms with Crippen LogP contribution in [0.5, 0.6) is 0 Å². The number of aromatic nitrogens is 5. The van der Waals surface area contributed by atoms with Crippen molar-refractivity contribution < 1.29 is 0 Å². The zero-order chi connectivity index (χ0) is 14.8. The van der Waals surface area contributed by atoms with E-state index >= 15 is 0 Å². The molecule has 3 aromatic rings. The molecule has 2 heterocycles. The molecule has 0 bridgehead atoms. The van der Waals surface area contributed by atoms with Gasteiger partial charge in [-0.2, -0.15) is 20.1 Å². The lowest BCUT2D eigenvalue weighted by molar-refractivity contribution is 0.801. The lowest BCUT2D eigenvalue weighted by Crippen LogP contribution is -2.09. The lowest BCUT2D eigenvalue weighted by atomic mass is 10.2. The molecule has 7 nitrogen and oxygen atoms in total. The molecule has 8 heteroatoms. The van der Waals surface area contributed by atoms with Crippen LogP contribution in [0, 0.1) is 6.92 Å². The molecule has 0 unspecified atom stereocenters. The van der Waals surface area contributed by atoms with Gasteiger partial charge < -0.3 is 11.1 Å². The number of nitrogen functional groups attached to an aromatic ring is 1. The Balaban J connectivity index is 1.93. The molecule has 0 atom stereocenters. The molecule has 3 rings (SSSR count). The molecule has 0 saturated heterocycles. The van der Waals surface area contributed by atoms with Crippen LogP contribution in [0.25, 0.3) is 5.95 Å². The Hall–Kier alpha value is -2.48. The molecular formula is C13H12BrN7. The average molecular weight is 346 g/mol. The van der Waals surface area contributed by atoms with E-state index in [0.717, 1.165) is 15.7 Å². The number of benzene rings is 1. The highest BCUT2D eigenvalue weighted by Gasteiger charge is 2.07. The predicted molar refractivity (Wildman–Crippen MR) is 83.5 cm³/mol. The molecule has 2 aromatic heterocycles. The Bertz CT molecular complexity index is 770. The number of hydrogen-bond donors (Lipinski definition) is 2. The summed E-state index contributed by atoms with van der Waals surface area (Å²) in [5.74, 6) is 0.856. The van der Waals surface area contributed by atoms with E-state index in [0.29, 0.717) is 11.9 Å². The fraction of sp³-hybridized carbons (Fsp3) is 0.0769. The summed E-state index contributed by atoms with van der Waals surface area (Å²) >= 11 is 3.49. The van der Waals surface area contributed by atoms with E-state index in [4.69, 9.17) is 5.73 Å². The van der Waals surface area contributed by atoms with E-state index in [1.54, 1.807) is 18.5 Å². The fourth-order valence-corrected chi connectivity index (χ4v) is 2.10. The second-order valence-corrected chi connectivity index (χ2v) is 5.21. The molecule has 0 aliphatic carbocycles. The van der Waals surface area contributed by atoms with Crippen molar-refractivity contribution in [2.45, 2.75) is 6.92 Å². The maximum atomic E-state index is 5.72. The van der Waals surface area contributed by atoms with Crippen molar-refractivity contribution in [3.8, 4) is 5.95 Å². The Morgan fingerprint density at radius 1 is 1.24 bits per heavy atom. The first-order valence-electron chi connectivity index (χ1n) is 6.16. The van der Waals surface area contributed by atoms with Gasteiger partial charge in [-0.05, 0) is 30.7 Å². The molecule has 0 amide bonds. The summed E-state index contributed by atoms with van der Waals surface area (Å²) in [7, 11) is 0. The summed E-state index contributed by atoms with van der Waals surface area (Å²) in [6.07, 6.45) is 3.38. The summed E-state index contributed by atoms with van der Waals surface area (Å²) in [6, 6.07) is 7.66. The number of rotatable bonds is 3. The Morgan fingerprint density at radius 3 is 2.81 bits per heavy atom. The van der Waals surface area contributed by atoms with E-state index in [1.165, 1.54) is 4.68 Å². The summed E-state index contributed by atoms with van der Waals surface area (Å²) in [6.45, 7) is 2.02. The smallest absolute Gasteiger partial charge is 0.257 e. The zero-order valence-corrected chi connectivity index (χ0v) is 12.7. The van der Waals surface area contributed by atoms with Crippen LogP contribution in [0.3, 0.4) is 0 Å². The van der Waals surface area contributed by atoms with Gasteiger partial charge >= 0.3 is 0 Å². The number of hydrogen-bond acceptors (Lipinski definition) is 6. The Kier molecular flexibility index (Phi) is 3.53. The average Bonchev–Trinajstić information content (AvgIpc) is 2.96. The molecule has 0 fully saturated rings. The van der Waals surface area contributed by atoms with Crippen LogP contribution >= 0.6 is 15.9 Å². The van der Waals surface area contributed by atoms with E-state index in [9.17, 15) is 0 Å². The van der Waals surface area contributed by atoms with E-state index < -0.39 is 0 Å². The van der Waals surface area contributed by atoms with Crippen molar-refractivity contribution in [1.82, 2.24) is 24.7 Å². The van der Waals surface area contributed by atoms with Crippen LogP contribution < -0.4 is 11.1 Å². The SMILES string of the molecule is Cc1ccc(Nc2nc(N)nc(-n3cccn3)n2)cc1Br. The van der Waals surface area contributed by atoms with Gasteiger partial charge in [0.05, 0.1) is 0 Å². The highest BCUT2D eigenvalue weighted by Crippen LogP contribution is 2.22. The maximum Gasteiger partial charge on any atom is 0.257 e. The predicted octanol–water partition coefficient (Wildman–Crippen LogP) is 2.45. The lowest BCUT2D eigenvalue weighted by Gasteiger charge is -2.08. The number of nitrogens with two attached hydrogens (primary N) is 1. The molecule has 106 valence electrons. The van der Waals surface area contributed by atoms with Gasteiger partial charge in [-0.15, -0.1) is 0 Å². The molecule has 3 N–H and O–H groups in total. The molecular weight excluding hydrogens is 334 g/mol. The number of halogens is 1. The van der Waals surface area contributed by atoms with Crippen LogP contribution in [0.1, 0.15) is 5.56 Å². The van der Waals surface area contributed by atoms with Crippen LogP contribution in [0.15, 0.2) is 41.1 Å². The third-order valence-corrected chi connectivity index (χ3v) is 3.63. The quantitative estimate of drug-likeness (QED) is 0.757. The van der Waals surface area contributed by atoms with E-state index in [-0.39, 0.29) is 5.95 Å². The van der Waals surface area contributed by atoms with Gasteiger partial charge in [0.1, 0.15) is 0 Å². The molecule has 0 radical (unpaired) electrons. The monoisotopic (exact) mass is 345 g/mol. The minimum absolute atomic E-state index is 0.129. The van der Waals surface area contributed by atoms with Gasteiger partial charge in [-0.3, -0.25) is 0 Å². The molecule has 0 aliphatic rings. The van der Waals surface area contributed by atoms with Gasteiger partial charge in [-0.1, -0.05) is 22.0 Å². The Labute approximate surface area is 129 Å². The van der Waals surface area contributed by atoms with E-state index in [1.807, 2.05) is 25.1 Å². The second-order valence-electron chi connectivity index (χ2n) is 4.36. The Morgan fingerprint density at radius 2 is 2.10 bits per heavy atom. The van der Waals surface area contributed by atoms with Crippen molar-refractivity contribution >= 4 is 33.5 Å². The van der Waals surface area contributed by atoms with E-state index in [2.05, 4.69) is 41.3 Å². The summed E-state index contributed by atoms with van der Waals surface area (Å²) < 4.78 is 2.52. The zero-order valence-electron chi connectivity index (χ0n) is 11.2. The van der Waals surface area contributed by atoms with Gasteiger partial charge in [0.2, 0.25) is 11.9 Å². The normalized spacial score (nSPS) is 10.6. The number of nitrogens with one attached hydrogen (secondary N) is 1. The van der Waals surface area contributed by atoms with Crippen molar-refractivity contribution in [1.29, 1.82) is 0 Å². The summed E-state index contributed by atoms with van der Waals surface area (Å²) in [5, 5.41) is 7.18. The van der Waals surface area contributed by atoms with Crippen LogP contribution in [-0.4, -0.2) is 24.7 Å². The van der Waals surface area contributed by atoms with Crippen LogP contribution in [0.4, 0.5) is 17.6 Å². The van der Waals surface area contributed by atoms with Crippen LogP contribution in [-0.2, 0) is 0 Å². The minimum Gasteiger partial charge on any atom is -0.368 e. The molecule has 21 heavy (non-hydrogen) atoms. The first-order valence-corrected chi connectivity index (χ1v) is 6.96. The molecule has 0 aliphatic heterocycles. The highest BCUT2D eigenvalue weighted by atomic mass is 79.9. The second kappa shape index (κ2) is 5.49.